The second-order valence-corrected chi connectivity index (χ2v) is 9.28. The van der Waals surface area contributed by atoms with E-state index in [4.69, 9.17) is 0 Å². The first-order valence-electron chi connectivity index (χ1n) is 9.35. The normalized spacial score (nSPS) is 54.4. The molecule has 3 N–H and O–H groups in total. The molecular weight excluding hydrogens is 298 g/mol. The lowest BCUT2D eigenvalue weighted by Crippen LogP contribution is -2.59. The monoisotopic (exact) mass is 330 g/mol. The van der Waals surface area contributed by atoms with Crippen LogP contribution in [0, 0.1) is 34.5 Å². The van der Waals surface area contributed by atoms with Crippen molar-refractivity contribution in [1.82, 2.24) is 0 Å². The topological polar surface area (TPSA) is 51.7 Å². The molecule has 0 spiro atoms. The summed E-state index contributed by atoms with van der Waals surface area (Å²) in [5.74, 6) is -1.99. The standard InChI is InChI=1S/C19H30F2O.H2O/c1-17-9-4-3-5-15(17)19(20,21)11-12-13-6-7-16(22)18(13,2)10-8-14(12)17;/h12-16,22H,3-11H2,1-2H3;1H2. The van der Waals surface area contributed by atoms with Crippen LogP contribution in [0.2, 0.25) is 0 Å². The number of aliphatic hydroxyl groups is 1. The fraction of sp³-hybridized carbons (Fsp3) is 1.00. The van der Waals surface area contributed by atoms with Crippen LogP contribution in [0.3, 0.4) is 0 Å². The molecule has 4 aliphatic carbocycles. The molecule has 7 unspecified atom stereocenters. The molecule has 4 aliphatic rings. The molecule has 4 saturated carbocycles. The van der Waals surface area contributed by atoms with E-state index in [9.17, 15) is 13.9 Å². The second-order valence-electron chi connectivity index (χ2n) is 9.28. The Morgan fingerprint density at radius 1 is 0.870 bits per heavy atom. The predicted molar refractivity (Wildman–Crippen MR) is 86.3 cm³/mol. The molecule has 0 radical (unpaired) electrons. The molecular formula is C19H32F2O2. The van der Waals surface area contributed by atoms with Crippen LogP contribution in [-0.2, 0) is 0 Å². The third kappa shape index (κ3) is 2.23. The number of halogens is 2. The van der Waals surface area contributed by atoms with Crippen molar-refractivity contribution in [3.8, 4) is 0 Å². The van der Waals surface area contributed by atoms with Gasteiger partial charge in [-0.1, -0.05) is 26.7 Å². The Balaban J connectivity index is 0.00000156. The molecule has 23 heavy (non-hydrogen) atoms. The first-order chi connectivity index (χ1) is 10.3. The molecule has 2 nitrogen and oxygen atoms in total. The lowest BCUT2D eigenvalue weighted by Gasteiger charge is -2.62. The van der Waals surface area contributed by atoms with Crippen LogP contribution < -0.4 is 0 Å². The van der Waals surface area contributed by atoms with Gasteiger partial charge in [0.25, 0.3) is 5.92 Å². The molecule has 0 aromatic rings. The van der Waals surface area contributed by atoms with Gasteiger partial charge < -0.3 is 10.6 Å². The predicted octanol–water partition coefficient (Wildman–Crippen LogP) is 4.20. The van der Waals surface area contributed by atoms with Crippen LogP contribution >= 0.6 is 0 Å². The van der Waals surface area contributed by atoms with Crippen molar-refractivity contribution >= 4 is 0 Å². The smallest absolute Gasteiger partial charge is 0.251 e. The Morgan fingerprint density at radius 2 is 1.57 bits per heavy atom. The van der Waals surface area contributed by atoms with Crippen molar-refractivity contribution in [3.05, 3.63) is 0 Å². The van der Waals surface area contributed by atoms with Crippen molar-refractivity contribution in [2.45, 2.75) is 83.7 Å². The van der Waals surface area contributed by atoms with Gasteiger partial charge in [0.15, 0.2) is 0 Å². The summed E-state index contributed by atoms with van der Waals surface area (Å²) in [5, 5.41) is 10.4. The van der Waals surface area contributed by atoms with E-state index in [-0.39, 0.29) is 34.7 Å². The van der Waals surface area contributed by atoms with Crippen LogP contribution in [0.4, 0.5) is 8.78 Å². The zero-order valence-corrected chi connectivity index (χ0v) is 14.5. The quantitative estimate of drug-likeness (QED) is 0.711. The van der Waals surface area contributed by atoms with E-state index in [0.29, 0.717) is 11.8 Å². The molecule has 0 amide bonds. The highest BCUT2D eigenvalue weighted by Gasteiger charge is 2.66. The highest BCUT2D eigenvalue weighted by atomic mass is 19.3. The Bertz CT molecular complexity index is 468. The van der Waals surface area contributed by atoms with E-state index in [1.165, 1.54) is 0 Å². The van der Waals surface area contributed by atoms with Gasteiger partial charge in [0.05, 0.1) is 6.10 Å². The number of aliphatic hydroxyl groups excluding tert-OH is 1. The van der Waals surface area contributed by atoms with Gasteiger partial charge in [-0.25, -0.2) is 8.78 Å². The summed E-state index contributed by atoms with van der Waals surface area (Å²) in [6, 6.07) is 0. The highest BCUT2D eigenvalue weighted by Crippen LogP contribution is 2.68. The first kappa shape index (κ1) is 17.6. The summed E-state index contributed by atoms with van der Waals surface area (Å²) in [4.78, 5) is 0. The maximum atomic E-state index is 15.0. The molecule has 0 aromatic heterocycles. The molecule has 0 heterocycles. The van der Waals surface area contributed by atoms with Gasteiger partial charge in [-0.3, -0.25) is 0 Å². The van der Waals surface area contributed by atoms with Gasteiger partial charge in [-0.15, -0.1) is 0 Å². The summed E-state index contributed by atoms with van der Waals surface area (Å²) in [6.07, 6.45) is 7.48. The van der Waals surface area contributed by atoms with Gasteiger partial charge in [0, 0.05) is 12.3 Å². The summed E-state index contributed by atoms with van der Waals surface area (Å²) in [6.45, 7) is 4.34. The maximum absolute atomic E-state index is 15.0. The molecule has 0 saturated heterocycles. The van der Waals surface area contributed by atoms with E-state index in [1.54, 1.807) is 0 Å². The summed E-state index contributed by atoms with van der Waals surface area (Å²) < 4.78 is 29.9. The van der Waals surface area contributed by atoms with Crippen LogP contribution in [0.5, 0.6) is 0 Å². The van der Waals surface area contributed by atoms with Crippen molar-refractivity contribution in [1.29, 1.82) is 0 Å². The van der Waals surface area contributed by atoms with Crippen LogP contribution in [0.1, 0.15) is 71.6 Å². The summed E-state index contributed by atoms with van der Waals surface area (Å²) in [7, 11) is 0. The zero-order chi connectivity index (χ0) is 15.8. The number of rotatable bonds is 0. The Labute approximate surface area is 138 Å². The highest BCUT2D eigenvalue weighted by molar-refractivity contribution is 5.12. The number of alkyl halides is 2. The molecule has 0 aliphatic heterocycles. The second kappa shape index (κ2) is 5.39. The zero-order valence-electron chi connectivity index (χ0n) is 14.5. The van der Waals surface area contributed by atoms with Crippen molar-refractivity contribution in [3.63, 3.8) is 0 Å². The van der Waals surface area contributed by atoms with Crippen LogP contribution in [0.25, 0.3) is 0 Å². The lowest BCUT2D eigenvalue weighted by molar-refractivity contribution is -0.226. The van der Waals surface area contributed by atoms with E-state index in [1.807, 2.05) is 0 Å². The molecule has 4 fully saturated rings. The molecule has 4 rings (SSSR count). The Morgan fingerprint density at radius 3 is 2.30 bits per heavy atom. The summed E-state index contributed by atoms with van der Waals surface area (Å²) >= 11 is 0. The average Bonchev–Trinajstić information content (AvgIpc) is 2.74. The third-order valence-electron chi connectivity index (χ3n) is 8.51. The van der Waals surface area contributed by atoms with Crippen molar-refractivity contribution < 1.29 is 19.4 Å². The van der Waals surface area contributed by atoms with Gasteiger partial charge in [0.1, 0.15) is 0 Å². The number of hydrogen-bond donors (Lipinski definition) is 1. The van der Waals surface area contributed by atoms with Gasteiger partial charge in [-0.05, 0) is 67.1 Å². The van der Waals surface area contributed by atoms with Gasteiger partial charge in [0.2, 0.25) is 0 Å². The average molecular weight is 330 g/mol. The minimum atomic E-state index is -2.50. The number of fused-ring (bicyclic) bond motifs is 5. The van der Waals surface area contributed by atoms with E-state index in [0.717, 1.165) is 51.4 Å². The Hall–Kier alpha value is -0.220. The molecule has 0 aromatic carbocycles. The van der Waals surface area contributed by atoms with E-state index < -0.39 is 11.8 Å². The van der Waals surface area contributed by atoms with Gasteiger partial charge >= 0.3 is 0 Å². The molecule has 0 bridgehead atoms. The Kier molecular flexibility index (Phi) is 4.12. The summed E-state index contributed by atoms with van der Waals surface area (Å²) in [5.41, 5.74) is -0.269. The van der Waals surface area contributed by atoms with E-state index in [2.05, 4.69) is 13.8 Å². The molecule has 7 atom stereocenters. The van der Waals surface area contributed by atoms with Crippen molar-refractivity contribution in [2.24, 2.45) is 34.5 Å². The minimum absolute atomic E-state index is 0. The minimum Gasteiger partial charge on any atom is -0.412 e. The van der Waals surface area contributed by atoms with Crippen LogP contribution in [-0.4, -0.2) is 22.6 Å². The van der Waals surface area contributed by atoms with Crippen LogP contribution in [0.15, 0.2) is 0 Å². The SMILES string of the molecule is CC12CCC3C(CC(F)(F)C4CCCCC34C)C1CCC2O.O. The fourth-order valence-electron chi connectivity index (χ4n) is 7.32. The lowest BCUT2D eigenvalue weighted by atomic mass is 9.44. The first-order valence-corrected chi connectivity index (χ1v) is 9.35. The fourth-order valence-corrected chi connectivity index (χ4v) is 7.32. The number of hydrogen-bond acceptors (Lipinski definition) is 1. The molecule has 134 valence electrons. The van der Waals surface area contributed by atoms with Crippen molar-refractivity contribution in [2.75, 3.05) is 0 Å². The largest absolute Gasteiger partial charge is 0.412 e. The maximum Gasteiger partial charge on any atom is 0.251 e. The third-order valence-corrected chi connectivity index (χ3v) is 8.51. The molecule has 4 heteroatoms. The van der Waals surface area contributed by atoms with Gasteiger partial charge in [-0.2, -0.15) is 0 Å². The van der Waals surface area contributed by atoms with E-state index >= 15 is 0 Å².